The van der Waals surface area contributed by atoms with Crippen LogP contribution in [-0.2, 0) is 10.2 Å². The zero-order valence-corrected chi connectivity index (χ0v) is 17.5. The van der Waals surface area contributed by atoms with E-state index in [1.807, 2.05) is 25.1 Å². The highest BCUT2D eigenvalue weighted by Gasteiger charge is 2.35. The van der Waals surface area contributed by atoms with Crippen molar-refractivity contribution in [2.45, 2.75) is 38.5 Å². The Morgan fingerprint density at radius 2 is 1.79 bits per heavy atom. The Labute approximate surface area is 171 Å². The SMILES string of the molecule is Cc1cc(Nc2cccc(F)c2)cc(C2CCCN(S(=O)(=O)N3CCCC3)C2)n1. The highest BCUT2D eigenvalue weighted by Crippen LogP contribution is 2.31. The van der Waals surface area contributed by atoms with Crippen LogP contribution in [0.2, 0.25) is 0 Å². The molecule has 8 heteroatoms. The summed E-state index contributed by atoms with van der Waals surface area (Å²) in [7, 11) is -3.39. The molecule has 2 aromatic rings. The topological polar surface area (TPSA) is 65.5 Å². The standard InChI is InChI=1S/C21H27FN4O2S/c1-16-12-20(24-19-8-4-7-18(22)13-19)14-21(23-16)17-6-5-11-26(15-17)29(27,28)25-9-2-3-10-25/h4,7-8,12-14,17H,2-3,5-6,9-11,15H2,1H3,(H,23,24). The Kier molecular flexibility index (Phi) is 5.85. The predicted molar refractivity (Wildman–Crippen MR) is 112 cm³/mol. The second-order valence-electron chi connectivity index (χ2n) is 7.87. The third kappa shape index (κ3) is 4.60. The van der Waals surface area contributed by atoms with E-state index in [1.54, 1.807) is 14.7 Å². The molecule has 0 radical (unpaired) electrons. The second kappa shape index (κ2) is 8.38. The lowest BCUT2D eigenvalue weighted by atomic mass is 9.95. The van der Waals surface area contributed by atoms with Crippen molar-refractivity contribution in [1.29, 1.82) is 0 Å². The summed E-state index contributed by atoms with van der Waals surface area (Å²) in [5.74, 6) is -0.245. The summed E-state index contributed by atoms with van der Waals surface area (Å²) >= 11 is 0. The van der Waals surface area contributed by atoms with Gasteiger partial charge in [-0.2, -0.15) is 17.0 Å². The number of hydrogen-bond acceptors (Lipinski definition) is 4. The van der Waals surface area contributed by atoms with Crippen LogP contribution in [-0.4, -0.2) is 48.2 Å². The van der Waals surface area contributed by atoms with Gasteiger partial charge in [0.1, 0.15) is 5.82 Å². The number of halogens is 1. The minimum Gasteiger partial charge on any atom is -0.355 e. The Bertz CT molecular complexity index is 976. The number of nitrogens with one attached hydrogen (secondary N) is 1. The van der Waals surface area contributed by atoms with Crippen LogP contribution in [0, 0.1) is 12.7 Å². The third-order valence-corrected chi connectivity index (χ3v) is 7.61. The van der Waals surface area contributed by atoms with E-state index in [-0.39, 0.29) is 11.7 Å². The lowest BCUT2D eigenvalue weighted by molar-refractivity contribution is 0.290. The maximum atomic E-state index is 13.5. The fourth-order valence-corrected chi connectivity index (χ4v) is 5.96. The van der Waals surface area contributed by atoms with Crippen molar-refractivity contribution in [2.24, 2.45) is 0 Å². The fraction of sp³-hybridized carbons (Fsp3) is 0.476. The quantitative estimate of drug-likeness (QED) is 0.802. The Morgan fingerprint density at radius 3 is 2.55 bits per heavy atom. The van der Waals surface area contributed by atoms with Gasteiger partial charge < -0.3 is 5.32 Å². The van der Waals surface area contributed by atoms with E-state index in [4.69, 9.17) is 0 Å². The smallest absolute Gasteiger partial charge is 0.281 e. The van der Waals surface area contributed by atoms with Gasteiger partial charge in [0.05, 0.1) is 0 Å². The van der Waals surface area contributed by atoms with Crippen LogP contribution in [0.15, 0.2) is 36.4 Å². The lowest BCUT2D eigenvalue weighted by Gasteiger charge is -2.34. The molecule has 1 N–H and O–H groups in total. The first kappa shape index (κ1) is 20.3. The Morgan fingerprint density at radius 1 is 1.03 bits per heavy atom. The number of rotatable bonds is 5. The predicted octanol–water partition coefficient (Wildman–Crippen LogP) is 3.79. The molecule has 1 aromatic carbocycles. The molecule has 2 aliphatic rings. The van der Waals surface area contributed by atoms with E-state index in [0.717, 1.165) is 42.8 Å². The molecule has 156 valence electrons. The third-order valence-electron chi connectivity index (χ3n) is 5.61. The van der Waals surface area contributed by atoms with Crippen LogP contribution >= 0.6 is 0 Å². The average Bonchev–Trinajstić information content (AvgIpc) is 3.23. The molecule has 6 nitrogen and oxygen atoms in total. The molecule has 0 amide bonds. The maximum Gasteiger partial charge on any atom is 0.281 e. The summed E-state index contributed by atoms with van der Waals surface area (Å²) in [5, 5.41) is 3.23. The second-order valence-corrected chi connectivity index (χ2v) is 9.80. The van der Waals surface area contributed by atoms with E-state index in [1.165, 1.54) is 12.1 Å². The van der Waals surface area contributed by atoms with Gasteiger partial charge in [-0.3, -0.25) is 4.98 Å². The number of aryl methyl sites for hydroxylation is 1. The normalized spacial score (nSPS) is 21.4. The molecule has 0 saturated carbocycles. The Balaban J connectivity index is 1.53. The van der Waals surface area contributed by atoms with Crippen LogP contribution in [0.5, 0.6) is 0 Å². The highest BCUT2D eigenvalue weighted by atomic mass is 32.2. The van der Waals surface area contributed by atoms with Gasteiger partial charge in [0, 0.05) is 54.9 Å². The van der Waals surface area contributed by atoms with E-state index >= 15 is 0 Å². The van der Waals surface area contributed by atoms with Crippen LogP contribution < -0.4 is 5.32 Å². The summed E-state index contributed by atoms with van der Waals surface area (Å²) in [6.07, 6.45) is 3.60. The van der Waals surface area contributed by atoms with Crippen LogP contribution in [0.25, 0.3) is 0 Å². The number of anilines is 2. The van der Waals surface area contributed by atoms with Gasteiger partial charge in [0.25, 0.3) is 10.2 Å². The minimum absolute atomic E-state index is 0.0501. The van der Waals surface area contributed by atoms with Crippen molar-refractivity contribution in [3.05, 3.63) is 53.6 Å². The molecule has 0 bridgehead atoms. The van der Waals surface area contributed by atoms with Crippen molar-refractivity contribution in [2.75, 3.05) is 31.5 Å². The molecule has 0 spiro atoms. The number of pyridine rings is 1. The molecule has 1 unspecified atom stereocenters. The van der Waals surface area contributed by atoms with E-state index in [9.17, 15) is 12.8 Å². The van der Waals surface area contributed by atoms with Gasteiger partial charge in [0.2, 0.25) is 0 Å². The molecule has 0 aliphatic carbocycles. The molecular weight excluding hydrogens is 391 g/mol. The van der Waals surface area contributed by atoms with Crippen molar-refractivity contribution in [1.82, 2.24) is 13.6 Å². The molecule has 1 aromatic heterocycles. The molecule has 2 fully saturated rings. The number of aromatic nitrogens is 1. The van der Waals surface area contributed by atoms with Crippen LogP contribution in [0.4, 0.5) is 15.8 Å². The van der Waals surface area contributed by atoms with Crippen molar-refractivity contribution >= 4 is 21.6 Å². The van der Waals surface area contributed by atoms with Gasteiger partial charge in [-0.1, -0.05) is 6.07 Å². The average molecular weight is 419 g/mol. The first-order valence-electron chi connectivity index (χ1n) is 10.2. The summed E-state index contributed by atoms with van der Waals surface area (Å²) < 4.78 is 42.6. The molecule has 4 rings (SSSR count). The van der Waals surface area contributed by atoms with Gasteiger partial charge in [-0.05, 0) is 62.9 Å². The largest absolute Gasteiger partial charge is 0.355 e. The Hall–Kier alpha value is -2.03. The highest BCUT2D eigenvalue weighted by molar-refractivity contribution is 7.86. The zero-order valence-electron chi connectivity index (χ0n) is 16.6. The first-order chi connectivity index (χ1) is 13.9. The summed E-state index contributed by atoms with van der Waals surface area (Å²) in [5.41, 5.74) is 3.23. The fourth-order valence-electron chi connectivity index (χ4n) is 4.18. The maximum absolute atomic E-state index is 13.5. The van der Waals surface area contributed by atoms with Crippen molar-refractivity contribution < 1.29 is 12.8 Å². The van der Waals surface area contributed by atoms with E-state index < -0.39 is 10.2 Å². The molecule has 2 aliphatic heterocycles. The molecule has 2 saturated heterocycles. The lowest BCUT2D eigenvalue weighted by Crippen LogP contribution is -2.46. The summed E-state index contributed by atoms with van der Waals surface area (Å²) in [6, 6.07) is 10.2. The number of nitrogens with zero attached hydrogens (tertiary/aromatic N) is 3. The number of hydrogen-bond donors (Lipinski definition) is 1. The van der Waals surface area contributed by atoms with Crippen LogP contribution in [0.1, 0.15) is 43.0 Å². The summed E-state index contributed by atoms with van der Waals surface area (Å²) in [4.78, 5) is 4.68. The minimum atomic E-state index is -3.39. The number of benzene rings is 1. The van der Waals surface area contributed by atoms with Crippen molar-refractivity contribution in [3.63, 3.8) is 0 Å². The van der Waals surface area contributed by atoms with Gasteiger partial charge >= 0.3 is 0 Å². The zero-order chi connectivity index (χ0) is 20.4. The van der Waals surface area contributed by atoms with Crippen LogP contribution in [0.3, 0.4) is 0 Å². The van der Waals surface area contributed by atoms with Crippen molar-refractivity contribution in [3.8, 4) is 0 Å². The molecule has 3 heterocycles. The molecule has 1 atom stereocenters. The first-order valence-corrected chi connectivity index (χ1v) is 11.6. The van der Waals surface area contributed by atoms with Gasteiger partial charge in [-0.15, -0.1) is 0 Å². The monoisotopic (exact) mass is 418 g/mol. The van der Waals surface area contributed by atoms with Gasteiger partial charge in [-0.25, -0.2) is 4.39 Å². The summed E-state index contributed by atoms with van der Waals surface area (Å²) in [6.45, 7) is 4.17. The van der Waals surface area contributed by atoms with Gasteiger partial charge in [0.15, 0.2) is 0 Å². The molecular formula is C21H27FN4O2S. The van der Waals surface area contributed by atoms with E-state index in [0.29, 0.717) is 31.9 Å². The van der Waals surface area contributed by atoms with E-state index in [2.05, 4.69) is 10.3 Å². The molecule has 29 heavy (non-hydrogen) atoms. The number of piperidine rings is 1.